The molecule has 0 saturated heterocycles. The Morgan fingerprint density at radius 3 is 2.56 bits per heavy atom. The molecule has 0 aromatic heterocycles. The maximum absolute atomic E-state index is 9.75. The van der Waals surface area contributed by atoms with Gasteiger partial charge in [-0.25, -0.2) is 0 Å². The Hall–Kier alpha value is 0.742. The van der Waals surface area contributed by atoms with Gasteiger partial charge in [0, 0.05) is 5.97 Å². The van der Waals surface area contributed by atoms with Crippen LogP contribution in [0.15, 0.2) is 0 Å². The van der Waals surface area contributed by atoms with E-state index in [1.165, 1.54) is 0 Å². The first kappa shape index (κ1) is 12.4. The molecule has 0 atom stereocenters. The Kier molecular flexibility index (Phi) is 12.1. The van der Waals surface area contributed by atoms with Crippen molar-refractivity contribution in [3.05, 3.63) is 0 Å². The van der Waals surface area contributed by atoms with Crippen molar-refractivity contribution in [3.8, 4) is 0 Å². The Labute approximate surface area is 79.6 Å². The van der Waals surface area contributed by atoms with E-state index in [4.69, 9.17) is 0 Å². The molecule has 4 heteroatoms. The van der Waals surface area contributed by atoms with Gasteiger partial charge in [0.05, 0.1) is 0 Å². The van der Waals surface area contributed by atoms with Crippen LogP contribution in [-0.2, 0) is 4.79 Å². The van der Waals surface area contributed by atoms with Crippen LogP contribution >= 0.6 is 11.8 Å². The number of carboxylic acids is 1. The smallest absolute Gasteiger partial charge is 0.550 e. The summed E-state index contributed by atoms with van der Waals surface area (Å²) < 4.78 is 0. The molecule has 0 spiro atoms. The van der Waals surface area contributed by atoms with Gasteiger partial charge in [0.2, 0.25) is 0 Å². The predicted molar refractivity (Wildman–Crippen MR) is 38.4 cm³/mol. The van der Waals surface area contributed by atoms with Crippen LogP contribution in [-0.4, -0.2) is 44.8 Å². The summed E-state index contributed by atoms with van der Waals surface area (Å²) in [6.07, 6.45) is 0.179. The average Bonchev–Trinajstić information content (AvgIpc) is 1.66. The van der Waals surface area contributed by atoms with Gasteiger partial charge in [-0.05, 0) is 17.9 Å². The monoisotopic (exact) mass is 338 g/mol. The molecule has 0 N–H and O–H groups in total. The molecule has 0 bridgehead atoms. The number of carbonyl (C=O) groups is 1. The zero-order valence-electron chi connectivity index (χ0n) is 5.42. The normalized spacial score (nSPS) is 8.11. The van der Waals surface area contributed by atoms with Crippen LogP contribution in [0.4, 0.5) is 0 Å². The molecule has 0 unspecified atom stereocenters. The minimum Gasteiger partial charge on any atom is -0.550 e. The SMILES string of the molecule is CCSCCC(=O)[O-].[Tl+]. The molecule has 0 amide bonds. The van der Waals surface area contributed by atoms with Gasteiger partial charge >= 0.3 is 27.3 Å². The Morgan fingerprint density at radius 1 is 1.67 bits per heavy atom. The Bertz CT molecular complexity index is 77.4. The van der Waals surface area contributed by atoms with E-state index < -0.39 is 5.97 Å². The molecule has 9 heavy (non-hydrogen) atoms. The molecule has 0 aliphatic rings. The number of thioether (sulfide) groups is 1. The summed E-state index contributed by atoms with van der Waals surface area (Å²) in [5.74, 6) is 0.706. The Balaban J connectivity index is 0. The fourth-order valence-corrected chi connectivity index (χ4v) is 0.900. The van der Waals surface area contributed by atoms with Crippen LogP contribution in [0.5, 0.6) is 0 Å². The fraction of sp³-hybridized carbons (Fsp3) is 0.800. The molecule has 0 aromatic rings. The summed E-state index contributed by atoms with van der Waals surface area (Å²) in [5, 5.41) is 9.75. The number of carbonyl (C=O) groups excluding carboxylic acids is 1. The van der Waals surface area contributed by atoms with Gasteiger partial charge in [-0.3, -0.25) is 0 Å². The molecule has 0 radical (unpaired) electrons. The molecule has 0 saturated carbocycles. The molecule has 50 valence electrons. The molecule has 0 aliphatic heterocycles. The zero-order valence-corrected chi connectivity index (χ0v) is 10.7. The van der Waals surface area contributed by atoms with Crippen molar-refractivity contribution in [1.82, 2.24) is 0 Å². The summed E-state index contributed by atoms with van der Waals surface area (Å²) in [7, 11) is 0. The van der Waals surface area contributed by atoms with Gasteiger partial charge in [0.25, 0.3) is 0 Å². The standard InChI is InChI=1S/C5H10O2S.Tl/c1-2-8-4-3-5(6)7;/h2-4H2,1H3,(H,6,7);/q;+1/p-1. The molecular formula is C5H9O2STl. The van der Waals surface area contributed by atoms with Gasteiger partial charge in [-0.1, -0.05) is 6.92 Å². The molecule has 0 aliphatic carbocycles. The van der Waals surface area contributed by atoms with E-state index >= 15 is 0 Å². The summed E-state index contributed by atoms with van der Waals surface area (Å²) >= 11 is 1.62. The van der Waals surface area contributed by atoms with Crippen LogP contribution in [0, 0.1) is 0 Å². The van der Waals surface area contributed by atoms with E-state index in [1.54, 1.807) is 11.8 Å². The maximum Gasteiger partial charge on any atom is 1.00 e. The summed E-state index contributed by atoms with van der Waals surface area (Å²) in [6, 6.07) is 0. The average molecular weight is 338 g/mol. The van der Waals surface area contributed by atoms with Gasteiger partial charge in [0.1, 0.15) is 0 Å². The van der Waals surface area contributed by atoms with E-state index in [0.717, 1.165) is 5.75 Å². The second kappa shape index (κ2) is 8.74. The van der Waals surface area contributed by atoms with Gasteiger partial charge in [-0.2, -0.15) is 11.8 Å². The summed E-state index contributed by atoms with van der Waals surface area (Å²) in [5.41, 5.74) is 0. The van der Waals surface area contributed by atoms with Crippen molar-refractivity contribution < 1.29 is 9.90 Å². The molecule has 0 fully saturated rings. The third kappa shape index (κ3) is 12.1. The second-order valence-corrected chi connectivity index (χ2v) is 2.71. The molecular weight excluding hydrogens is 329 g/mol. The van der Waals surface area contributed by atoms with Crippen molar-refractivity contribution >= 4 is 45.0 Å². The Morgan fingerprint density at radius 2 is 2.22 bits per heavy atom. The number of aliphatic carboxylic acids is 1. The topological polar surface area (TPSA) is 40.1 Å². The third-order valence-electron chi connectivity index (χ3n) is 0.655. The largest absolute Gasteiger partial charge is 1.00 e. The van der Waals surface area contributed by atoms with E-state index in [0.29, 0.717) is 5.75 Å². The quantitative estimate of drug-likeness (QED) is 0.513. The zero-order chi connectivity index (χ0) is 6.41. The van der Waals surface area contributed by atoms with Crippen LogP contribution in [0.25, 0.3) is 0 Å². The summed E-state index contributed by atoms with van der Waals surface area (Å²) in [6.45, 7) is 2.00. The van der Waals surface area contributed by atoms with Gasteiger partial charge < -0.3 is 9.90 Å². The van der Waals surface area contributed by atoms with Gasteiger partial charge in [0.15, 0.2) is 0 Å². The molecule has 0 rings (SSSR count). The minimum absolute atomic E-state index is 0. The number of carboxylic acid groups (broad SMARTS) is 1. The van der Waals surface area contributed by atoms with Crippen molar-refractivity contribution in [1.29, 1.82) is 0 Å². The number of rotatable bonds is 4. The summed E-state index contributed by atoms with van der Waals surface area (Å²) in [4.78, 5) is 9.75. The van der Waals surface area contributed by atoms with Crippen molar-refractivity contribution in [2.24, 2.45) is 0 Å². The first-order valence-corrected chi connectivity index (χ1v) is 3.70. The molecule has 0 aromatic carbocycles. The minimum atomic E-state index is -0.953. The van der Waals surface area contributed by atoms with Crippen LogP contribution in [0.3, 0.4) is 0 Å². The maximum atomic E-state index is 9.75. The van der Waals surface area contributed by atoms with Crippen LogP contribution in [0.2, 0.25) is 0 Å². The van der Waals surface area contributed by atoms with Crippen molar-refractivity contribution in [3.63, 3.8) is 0 Å². The predicted octanol–water partition coefficient (Wildman–Crippen LogP) is -0.501. The van der Waals surface area contributed by atoms with E-state index in [2.05, 4.69) is 0 Å². The number of hydrogen-bond acceptors (Lipinski definition) is 3. The second-order valence-electron chi connectivity index (χ2n) is 1.32. The first-order chi connectivity index (χ1) is 3.77. The fourth-order valence-electron chi connectivity index (χ4n) is 0.300. The van der Waals surface area contributed by atoms with Crippen molar-refractivity contribution in [2.75, 3.05) is 11.5 Å². The van der Waals surface area contributed by atoms with Crippen molar-refractivity contribution in [2.45, 2.75) is 13.3 Å². The van der Waals surface area contributed by atoms with E-state index in [9.17, 15) is 9.90 Å². The van der Waals surface area contributed by atoms with Crippen LogP contribution < -0.4 is 5.11 Å². The third-order valence-corrected chi connectivity index (χ3v) is 1.56. The molecule has 0 heterocycles. The number of hydrogen-bond donors (Lipinski definition) is 0. The first-order valence-electron chi connectivity index (χ1n) is 2.55. The van der Waals surface area contributed by atoms with E-state index in [1.807, 2.05) is 6.92 Å². The van der Waals surface area contributed by atoms with Crippen LogP contribution in [0.1, 0.15) is 13.3 Å². The van der Waals surface area contributed by atoms with E-state index in [-0.39, 0.29) is 33.7 Å². The van der Waals surface area contributed by atoms with Gasteiger partial charge in [-0.15, -0.1) is 0 Å². The molecule has 2 nitrogen and oxygen atoms in total.